The molecule has 2 aromatic rings. The van der Waals surface area contributed by atoms with E-state index in [1.54, 1.807) is 12.1 Å². The lowest BCUT2D eigenvalue weighted by Gasteiger charge is -2.10. The normalized spacial score (nSPS) is 12.0. The fraction of sp³-hybridized carbons (Fsp3) is 0.308. The molecule has 2 nitrogen and oxygen atoms in total. The fourth-order valence-electron chi connectivity index (χ4n) is 1.89. The van der Waals surface area contributed by atoms with E-state index in [4.69, 9.17) is 5.11 Å². The first-order valence-electron chi connectivity index (χ1n) is 5.57. The van der Waals surface area contributed by atoms with Crippen LogP contribution in [-0.2, 0) is 12.6 Å². The van der Waals surface area contributed by atoms with Gasteiger partial charge >= 0.3 is 6.18 Å². The van der Waals surface area contributed by atoms with E-state index < -0.39 is 11.7 Å². The molecule has 5 heteroatoms. The molecule has 96 valence electrons. The van der Waals surface area contributed by atoms with Crippen molar-refractivity contribution in [1.29, 1.82) is 0 Å². The number of pyridine rings is 1. The lowest BCUT2D eigenvalue weighted by molar-refractivity contribution is -0.136. The lowest BCUT2D eigenvalue weighted by Crippen LogP contribution is -2.06. The standard InChI is InChI=1S/C13H12F3NO/c14-13(15,16)12-8-17-7-10-6-9(2-1-5-18)3-4-11(10)12/h3-4,6-8,18H,1-2,5H2. The van der Waals surface area contributed by atoms with Gasteiger partial charge in [-0.2, -0.15) is 13.2 Å². The largest absolute Gasteiger partial charge is 0.418 e. The Kier molecular flexibility index (Phi) is 3.52. The predicted octanol–water partition coefficient (Wildman–Crippen LogP) is 3.18. The molecule has 0 unspecified atom stereocenters. The zero-order valence-electron chi connectivity index (χ0n) is 9.54. The van der Waals surface area contributed by atoms with Crippen molar-refractivity contribution in [3.63, 3.8) is 0 Å². The van der Waals surface area contributed by atoms with Gasteiger partial charge in [0, 0.05) is 24.4 Å². The first kappa shape index (κ1) is 12.8. The average Bonchev–Trinajstić information content (AvgIpc) is 2.34. The van der Waals surface area contributed by atoms with E-state index >= 15 is 0 Å². The minimum Gasteiger partial charge on any atom is -0.396 e. The van der Waals surface area contributed by atoms with E-state index in [9.17, 15) is 13.2 Å². The summed E-state index contributed by atoms with van der Waals surface area (Å²) in [5, 5.41) is 9.36. The van der Waals surface area contributed by atoms with E-state index in [1.807, 2.05) is 0 Å². The summed E-state index contributed by atoms with van der Waals surface area (Å²) in [6.07, 6.45) is -0.886. The van der Waals surface area contributed by atoms with Gasteiger partial charge in [-0.05, 0) is 29.9 Å². The van der Waals surface area contributed by atoms with E-state index in [1.165, 1.54) is 12.3 Å². The Labute approximate surface area is 102 Å². The summed E-state index contributed by atoms with van der Waals surface area (Å²) in [6, 6.07) is 4.81. The molecule has 1 N–H and O–H groups in total. The van der Waals surface area contributed by atoms with Crippen molar-refractivity contribution in [1.82, 2.24) is 4.98 Å². The van der Waals surface area contributed by atoms with Gasteiger partial charge in [0.25, 0.3) is 0 Å². The molecule has 0 aliphatic carbocycles. The maximum atomic E-state index is 12.7. The number of rotatable bonds is 3. The van der Waals surface area contributed by atoms with Gasteiger partial charge in [0.05, 0.1) is 5.56 Å². The van der Waals surface area contributed by atoms with Crippen molar-refractivity contribution < 1.29 is 18.3 Å². The number of aliphatic hydroxyl groups is 1. The zero-order chi connectivity index (χ0) is 13.2. The Morgan fingerprint density at radius 3 is 2.61 bits per heavy atom. The molecule has 0 aliphatic rings. The van der Waals surface area contributed by atoms with Gasteiger partial charge in [-0.25, -0.2) is 0 Å². The number of aromatic nitrogens is 1. The molecule has 2 rings (SSSR count). The summed E-state index contributed by atoms with van der Waals surface area (Å²) < 4.78 is 38.2. The van der Waals surface area contributed by atoms with Crippen LogP contribution in [-0.4, -0.2) is 16.7 Å². The first-order valence-corrected chi connectivity index (χ1v) is 5.57. The molecule has 0 atom stereocenters. The summed E-state index contributed by atoms with van der Waals surface area (Å²) >= 11 is 0. The maximum Gasteiger partial charge on any atom is 0.418 e. The minimum atomic E-state index is -4.39. The van der Waals surface area contributed by atoms with Crippen LogP contribution in [0.4, 0.5) is 13.2 Å². The van der Waals surface area contributed by atoms with Gasteiger partial charge in [-0.15, -0.1) is 0 Å². The fourth-order valence-corrected chi connectivity index (χ4v) is 1.89. The smallest absolute Gasteiger partial charge is 0.396 e. The number of halogens is 3. The Balaban J connectivity index is 2.47. The van der Waals surface area contributed by atoms with Gasteiger partial charge in [0.15, 0.2) is 0 Å². The second-order valence-electron chi connectivity index (χ2n) is 4.07. The minimum absolute atomic E-state index is 0.0683. The van der Waals surface area contributed by atoms with E-state index in [0.29, 0.717) is 18.2 Å². The van der Waals surface area contributed by atoms with Crippen molar-refractivity contribution in [3.8, 4) is 0 Å². The molecular formula is C13H12F3NO. The molecule has 1 aromatic carbocycles. The summed E-state index contributed by atoms with van der Waals surface area (Å²) in [4.78, 5) is 3.63. The Morgan fingerprint density at radius 1 is 1.17 bits per heavy atom. The molecule has 0 saturated carbocycles. The first-order chi connectivity index (χ1) is 8.52. The molecule has 0 radical (unpaired) electrons. The second kappa shape index (κ2) is 4.94. The quantitative estimate of drug-likeness (QED) is 0.913. The highest BCUT2D eigenvalue weighted by Gasteiger charge is 2.32. The summed E-state index contributed by atoms with van der Waals surface area (Å²) in [7, 11) is 0. The molecule has 0 bridgehead atoms. The van der Waals surface area contributed by atoms with Gasteiger partial charge < -0.3 is 5.11 Å². The summed E-state index contributed by atoms with van der Waals surface area (Å²) in [6.45, 7) is 0.0683. The highest BCUT2D eigenvalue weighted by Crippen LogP contribution is 2.34. The van der Waals surface area contributed by atoms with Crippen LogP contribution >= 0.6 is 0 Å². The number of fused-ring (bicyclic) bond motifs is 1. The van der Waals surface area contributed by atoms with Crippen LogP contribution < -0.4 is 0 Å². The monoisotopic (exact) mass is 255 g/mol. The number of aryl methyl sites for hydroxylation is 1. The van der Waals surface area contributed by atoms with Crippen molar-refractivity contribution in [2.45, 2.75) is 19.0 Å². The van der Waals surface area contributed by atoms with E-state index in [2.05, 4.69) is 4.98 Å². The van der Waals surface area contributed by atoms with Crippen molar-refractivity contribution in [3.05, 3.63) is 41.7 Å². The SMILES string of the molecule is OCCCc1ccc2c(C(F)(F)F)cncc2c1. The number of hydrogen-bond acceptors (Lipinski definition) is 2. The molecular weight excluding hydrogens is 243 g/mol. The van der Waals surface area contributed by atoms with Crippen LogP contribution in [0.5, 0.6) is 0 Å². The zero-order valence-corrected chi connectivity index (χ0v) is 9.54. The van der Waals surface area contributed by atoms with E-state index in [-0.39, 0.29) is 12.0 Å². The van der Waals surface area contributed by atoms with Gasteiger partial charge in [-0.1, -0.05) is 12.1 Å². The Morgan fingerprint density at radius 2 is 1.94 bits per heavy atom. The van der Waals surface area contributed by atoms with Crippen LogP contribution in [0.3, 0.4) is 0 Å². The topological polar surface area (TPSA) is 33.1 Å². The van der Waals surface area contributed by atoms with Crippen LogP contribution in [0.15, 0.2) is 30.6 Å². The number of aliphatic hydroxyl groups excluding tert-OH is 1. The van der Waals surface area contributed by atoms with Crippen molar-refractivity contribution >= 4 is 10.8 Å². The van der Waals surface area contributed by atoms with Crippen molar-refractivity contribution in [2.24, 2.45) is 0 Å². The molecule has 18 heavy (non-hydrogen) atoms. The van der Waals surface area contributed by atoms with Crippen molar-refractivity contribution in [2.75, 3.05) is 6.61 Å². The van der Waals surface area contributed by atoms with Crippen LogP contribution in [0.2, 0.25) is 0 Å². The van der Waals surface area contributed by atoms with Gasteiger partial charge in [0.2, 0.25) is 0 Å². The van der Waals surface area contributed by atoms with E-state index in [0.717, 1.165) is 11.8 Å². The number of benzene rings is 1. The number of hydrogen-bond donors (Lipinski definition) is 1. The highest BCUT2D eigenvalue weighted by molar-refractivity contribution is 5.85. The molecule has 0 fully saturated rings. The second-order valence-corrected chi connectivity index (χ2v) is 4.07. The third-order valence-corrected chi connectivity index (χ3v) is 2.75. The summed E-state index contributed by atoms with van der Waals surface area (Å²) in [5.41, 5.74) is 0.186. The third kappa shape index (κ3) is 2.61. The maximum absolute atomic E-state index is 12.7. The Hall–Kier alpha value is -1.62. The predicted molar refractivity (Wildman–Crippen MR) is 62.2 cm³/mol. The molecule has 0 spiro atoms. The van der Waals surface area contributed by atoms with Crippen LogP contribution in [0, 0.1) is 0 Å². The third-order valence-electron chi connectivity index (χ3n) is 2.75. The lowest BCUT2D eigenvalue weighted by atomic mass is 10.0. The summed E-state index contributed by atoms with van der Waals surface area (Å²) in [5.74, 6) is 0. The molecule has 0 aliphatic heterocycles. The van der Waals surface area contributed by atoms with Gasteiger partial charge in [0.1, 0.15) is 0 Å². The number of nitrogens with zero attached hydrogens (tertiary/aromatic N) is 1. The molecule has 0 amide bonds. The van der Waals surface area contributed by atoms with Crippen LogP contribution in [0.25, 0.3) is 10.8 Å². The Bertz CT molecular complexity index is 551. The average molecular weight is 255 g/mol. The highest BCUT2D eigenvalue weighted by atomic mass is 19.4. The van der Waals surface area contributed by atoms with Gasteiger partial charge in [-0.3, -0.25) is 4.98 Å². The van der Waals surface area contributed by atoms with Crippen LogP contribution in [0.1, 0.15) is 17.5 Å². The molecule has 1 heterocycles. The molecule has 1 aromatic heterocycles. The molecule has 0 saturated heterocycles. The number of alkyl halides is 3.